The van der Waals surface area contributed by atoms with E-state index in [9.17, 15) is 22.8 Å². The Balaban J connectivity index is 1.95. The van der Waals surface area contributed by atoms with E-state index in [4.69, 9.17) is 4.42 Å². The lowest BCUT2D eigenvalue weighted by atomic mass is 10.1. The second-order valence-corrected chi connectivity index (χ2v) is 5.10. The molecule has 0 aliphatic heterocycles. The molecule has 0 fully saturated rings. The molecule has 0 atom stereocenters. The Morgan fingerprint density at radius 3 is 2.58 bits per heavy atom. The van der Waals surface area contributed by atoms with Crippen LogP contribution in [0.25, 0.3) is 0 Å². The van der Waals surface area contributed by atoms with E-state index in [1.807, 2.05) is 0 Å². The van der Waals surface area contributed by atoms with E-state index in [0.717, 1.165) is 23.1 Å². The summed E-state index contributed by atoms with van der Waals surface area (Å²) < 4.78 is 43.1. The minimum Gasteiger partial charge on any atom is -0.467 e. The van der Waals surface area contributed by atoms with Crippen molar-refractivity contribution in [1.29, 1.82) is 0 Å². The molecule has 0 aliphatic rings. The fourth-order valence-corrected chi connectivity index (χ4v) is 1.99. The number of carbonyl (C=O) groups excluding carboxylic acids is 2. The van der Waals surface area contributed by atoms with Crippen LogP contribution in [0.4, 0.5) is 13.2 Å². The summed E-state index contributed by atoms with van der Waals surface area (Å²) in [6, 6.07) is 7.42. The van der Waals surface area contributed by atoms with Gasteiger partial charge < -0.3 is 14.6 Å². The lowest BCUT2D eigenvalue weighted by Crippen LogP contribution is -2.38. The Hall–Kier alpha value is -2.77. The van der Waals surface area contributed by atoms with Crippen LogP contribution in [0.15, 0.2) is 47.1 Å². The summed E-state index contributed by atoms with van der Waals surface area (Å²) in [5.74, 6) is -0.571. The number of hydrogen-bond acceptors (Lipinski definition) is 3. The zero-order valence-electron chi connectivity index (χ0n) is 12.8. The van der Waals surface area contributed by atoms with Gasteiger partial charge in [-0.3, -0.25) is 9.59 Å². The number of furan rings is 1. The van der Waals surface area contributed by atoms with Gasteiger partial charge in [0.1, 0.15) is 5.76 Å². The van der Waals surface area contributed by atoms with E-state index in [1.165, 1.54) is 19.4 Å². The third kappa shape index (κ3) is 4.61. The molecule has 1 N–H and O–H groups in total. The van der Waals surface area contributed by atoms with Gasteiger partial charge in [-0.2, -0.15) is 13.2 Å². The smallest absolute Gasteiger partial charge is 0.416 e. The van der Waals surface area contributed by atoms with Crippen molar-refractivity contribution < 1.29 is 27.2 Å². The minimum absolute atomic E-state index is 0.133. The second-order valence-electron chi connectivity index (χ2n) is 5.10. The maximum Gasteiger partial charge on any atom is 0.416 e. The average molecular weight is 340 g/mol. The fraction of sp³-hybridized carbons (Fsp3) is 0.250. The summed E-state index contributed by atoms with van der Waals surface area (Å²) in [7, 11) is 1.34. The predicted molar refractivity (Wildman–Crippen MR) is 79.0 cm³/mol. The predicted octanol–water partition coefficient (Wildman–Crippen LogP) is 2.69. The van der Waals surface area contributed by atoms with Crippen LogP contribution in [-0.4, -0.2) is 30.3 Å². The van der Waals surface area contributed by atoms with Gasteiger partial charge in [0.2, 0.25) is 5.91 Å². The fourth-order valence-electron chi connectivity index (χ4n) is 1.99. The van der Waals surface area contributed by atoms with Gasteiger partial charge >= 0.3 is 6.18 Å². The molecule has 1 heterocycles. The number of hydrogen-bond donors (Lipinski definition) is 1. The molecule has 0 saturated carbocycles. The van der Waals surface area contributed by atoms with E-state index >= 15 is 0 Å². The maximum absolute atomic E-state index is 12.7. The number of carbonyl (C=O) groups is 2. The van der Waals surface area contributed by atoms with Crippen LogP contribution in [-0.2, 0) is 17.5 Å². The lowest BCUT2D eigenvalue weighted by Gasteiger charge is -2.17. The quantitative estimate of drug-likeness (QED) is 0.910. The first-order chi connectivity index (χ1) is 11.3. The lowest BCUT2D eigenvalue weighted by molar-refractivity contribution is -0.137. The Morgan fingerprint density at radius 2 is 1.96 bits per heavy atom. The van der Waals surface area contributed by atoms with Crippen molar-refractivity contribution >= 4 is 11.8 Å². The topological polar surface area (TPSA) is 62.6 Å². The molecule has 0 bridgehead atoms. The van der Waals surface area contributed by atoms with E-state index < -0.39 is 23.6 Å². The molecule has 1 aromatic carbocycles. The summed E-state index contributed by atoms with van der Waals surface area (Å²) in [6.07, 6.45) is -3.07. The zero-order valence-corrected chi connectivity index (χ0v) is 12.8. The van der Waals surface area contributed by atoms with Crippen LogP contribution < -0.4 is 5.32 Å². The molecular formula is C16H15F3N2O3. The highest BCUT2D eigenvalue weighted by atomic mass is 19.4. The summed E-state index contributed by atoms with van der Waals surface area (Å²) in [5.41, 5.74) is -1.05. The third-order valence-electron chi connectivity index (χ3n) is 3.20. The Morgan fingerprint density at radius 1 is 1.21 bits per heavy atom. The van der Waals surface area contributed by atoms with Crippen molar-refractivity contribution in [2.24, 2.45) is 0 Å². The van der Waals surface area contributed by atoms with Crippen molar-refractivity contribution in [2.75, 3.05) is 13.6 Å². The van der Waals surface area contributed by atoms with Crippen LogP contribution in [0.1, 0.15) is 21.7 Å². The second kappa shape index (κ2) is 7.20. The Kier molecular flexibility index (Phi) is 5.28. The van der Waals surface area contributed by atoms with Gasteiger partial charge in [0, 0.05) is 12.6 Å². The molecule has 128 valence electrons. The first-order valence-corrected chi connectivity index (χ1v) is 6.99. The van der Waals surface area contributed by atoms with Gasteiger partial charge in [-0.25, -0.2) is 0 Å². The first kappa shape index (κ1) is 17.6. The van der Waals surface area contributed by atoms with Crippen molar-refractivity contribution in [3.63, 3.8) is 0 Å². The first-order valence-electron chi connectivity index (χ1n) is 6.99. The Bertz CT molecular complexity index is 712. The molecular weight excluding hydrogens is 325 g/mol. The van der Waals surface area contributed by atoms with E-state index in [1.54, 1.807) is 12.1 Å². The highest BCUT2D eigenvalue weighted by Gasteiger charge is 2.31. The maximum atomic E-state index is 12.7. The number of halogens is 3. The van der Waals surface area contributed by atoms with Crippen molar-refractivity contribution in [3.8, 4) is 0 Å². The zero-order chi connectivity index (χ0) is 17.7. The Labute approximate surface area is 136 Å². The van der Waals surface area contributed by atoms with E-state index in [-0.39, 0.29) is 18.7 Å². The summed E-state index contributed by atoms with van der Waals surface area (Å²) in [4.78, 5) is 25.0. The third-order valence-corrected chi connectivity index (χ3v) is 3.20. The molecule has 2 rings (SSSR count). The van der Waals surface area contributed by atoms with Gasteiger partial charge in [-0.1, -0.05) is 6.07 Å². The van der Waals surface area contributed by atoms with Gasteiger partial charge in [0.25, 0.3) is 5.91 Å². The monoisotopic (exact) mass is 340 g/mol. The molecule has 1 aromatic heterocycles. The van der Waals surface area contributed by atoms with Gasteiger partial charge in [0.15, 0.2) is 0 Å². The van der Waals surface area contributed by atoms with Gasteiger partial charge in [0.05, 0.1) is 24.9 Å². The molecule has 0 saturated heterocycles. The van der Waals surface area contributed by atoms with Crippen molar-refractivity contribution in [3.05, 3.63) is 59.5 Å². The molecule has 0 radical (unpaired) electrons. The average Bonchev–Trinajstić information content (AvgIpc) is 3.05. The molecule has 2 amide bonds. The van der Waals surface area contributed by atoms with Crippen LogP contribution in [0.3, 0.4) is 0 Å². The van der Waals surface area contributed by atoms with Crippen LogP contribution in [0.5, 0.6) is 0 Å². The molecule has 0 aliphatic carbocycles. The molecule has 5 nitrogen and oxygen atoms in total. The number of rotatable bonds is 5. The highest BCUT2D eigenvalue weighted by molar-refractivity contribution is 5.96. The summed E-state index contributed by atoms with van der Waals surface area (Å²) in [5, 5.41) is 2.55. The van der Waals surface area contributed by atoms with Crippen molar-refractivity contribution in [1.82, 2.24) is 10.2 Å². The number of likely N-dealkylation sites (N-methyl/N-ethyl adjacent to an activating group) is 1. The summed E-state index contributed by atoms with van der Waals surface area (Å²) >= 11 is 0. The SMILES string of the molecule is CN(CC(=O)NCc1ccco1)C(=O)c1cccc(C(F)(F)F)c1. The number of nitrogens with one attached hydrogen (secondary N) is 1. The number of nitrogens with zero attached hydrogens (tertiary/aromatic N) is 1. The highest BCUT2D eigenvalue weighted by Crippen LogP contribution is 2.29. The summed E-state index contributed by atoms with van der Waals surface area (Å²) in [6.45, 7) is -0.118. The van der Waals surface area contributed by atoms with Crippen LogP contribution >= 0.6 is 0 Å². The van der Waals surface area contributed by atoms with Gasteiger partial charge in [-0.15, -0.1) is 0 Å². The number of alkyl halides is 3. The normalized spacial score (nSPS) is 11.2. The van der Waals surface area contributed by atoms with Gasteiger partial charge in [-0.05, 0) is 30.3 Å². The van der Waals surface area contributed by atoms with E-state index in [0.29, 0.717) is 5.76 Å². The standard InChI is InChI=1S/C16H15F3N2O3/c1-21(10-14(22)20-9-13-6-3-7-24-13)15(23)11-4-2-5-12(8-11)16(17,18)19/h2-8H,9-10H2,1H3,(H,20,22). The molecule has 2 aromatic rings. The van der Waals surface area contributed by atoms with E-state index in [2.05, 4.69) is 5.32 Å². The molecule has 8 heteroatoms. The van der Waals surface area contributed by atoms with Crippen molar-refractivity contribution in [2.45, 2.75) is 12.7 Å². The largest absolute Gasteiger partial charge is 0.467 e. The van der Waals surface area contributed by atoms with Crippen LogP contribution in [0.2, 0.25) is 0 Å². The number of benzene rings is 1. The molecule has 0 spiro atoms. The minimum atomic E-state index is -4.53. The van der Waals surface area contributed by atoms with Crippen LogP contribution in [0, 0.1) is 0 Å². The molecule has 0 unspecified atom stereocenters. The molecule has 24 heavy (non-hydrogen) atoms. The number of amides is 2.